The number of H-pyrrole nitrogens is 1. The number of hydrogen-bond acceptors (Lipinski definition) is 4. The molecule has 0 atom stereocenters. The Balaban J connectivity index is 1.57. The summed E-state index contributed by atoms with van der Waals surface area (Å²) < 4.78 is 5.89. The van der Waals surface area contributed by atoms with Crippen molar-refractivity contribution in [2.24, 2.45) is 0 Å². The van der Waals surface area contributed by atoms with Crippen molar-refractivity contribution in [2.75, 3.05) is 19.7 Å². The highest BCUT2D eigenvalue weighted by Gasteiger charge is 2.13. The number of nitrogens with one attached hydrogen (secondary N) is 2. The number of fused-ring (bicyclic) bond motifs is 1. The lowest BCUT2D eigenvalue weighted by Crippen LogP contribution is -2.32. The van der Waals surface area contributed by atoms with Gasteiger partial charge in [0, 0.05) is 12.6 Å². The lowest BCUT2D eigenvalue weighted by atomic mass is 10.1. The summed E-state index contributed by atoms with van der Waals surface area (Å²) in [6, 6.07) is 2.00. The quantitative estimate of drug-likeness (QED) is 0.876. The second-order valence-electron chi connectivity index (χ2n) is 5.08. The zero-order valence-electron chi connectivity index (χ0n) is 11.3. The van der Waals surface area contributed by atoms with Crippen molar-refractivity contribution in [3.63, 3.8) is 0 Å². The third-order valence-corrected chi connectivity index (χ3v) is 3.63. The maximum atomic E-state index is 5.89. The van der Waals surface area contributed by atoms with Crippen LogP contribution in [0.1, 0.15) is 24.2 Å². The van der Waals surface area contributed by atoms with Crippen molar-refractivity contribution in [3.05, 3.63) is 23.7 Å². The van der Waals surface area contributed by atoms with E-state index in [4.69, 9.17) is 4.74 Å². The predicted octanol–water partition coefficient (Wildman–Crippen LogP) is 1.58. The number of rotatable bonds is 4. The number of aryl methyl sites for hydroxylation is 1. The number of hydrogen-bond donors (Lipinski definition) is 2. The van der Waals surface area contributed by atoms with Crippen molar-refractivity contribution >= 4 is 11.2 Å². The average Bonchev–Trinajstić information content (AvgIpc) is 2.84. The van der Waals surface area contributed by atoms with Crippen LogP contribution in [0.3, 0.4) is 0 Å². The van der Waals surface area contributed by atoms with Crippen LogP contribution in [0.4, 0.5) is 0 Å². The summed E-state index contributed by atoms with van der Waals surface area (Å²) in [6.45, 7) is 4.93. The minimum atomic E-state index is 0.408. The van der Waals surface area contributed by atoms with Crippen LogP contribution < -0.4 is 5.32 Å². The fourth-order valence-corrected chi connectivity index (χ4v) is 2.49. The molecule has 0 unspecified atom stereocenters. The summed E-state index contributed by atoms with van der Waals surface area (Å²) in [4.78, 5) is 12.1. The van der Waals surface area contributed by atoms with Crippen LogP contribution in [-0.4, -0.2) is 40.8 Å². The van der Waals surface area contributed by atoms with E-state index in [1.807, 2.05) is 6.07 Å². The number of imidazole rings is 1. The van der Waals surface area contributed by atoms with Crippen LogP contribution in [-0.2, 0) is 11.2 Å². The topological polar surface area (TPSA) is 62.8 Å². The van der Waals surface area contributed by atoms with E-state index in [1.165, 1.54) is 5.56 Å². The van der Waals surface area contributed by atoms with Gasteiger partial charge in [0.25, 0.3) is 0 Å². The Hall–Kier alpha value is -1.46. The number of nitrogens with zero attached hydrogens (tertiary/aromatic N) is 2. The van der Waals surface area contributed by atoms with Crippen molar-refractivity contribution < 1.29 is 4.74 Å². The molecule has 0 aromatic carbocycles. The number of pyridine rings is 1. The van der Waals surface area contributed by atoms with Crippen LogP contribution in [0.25, 0.3) is 11.2 Å². The minimum absolute atomic E-state index is 0.408. The average molecular weight is 260 g/mol. The van der Waals surface area contributed by atoms with Gasteiger partial charge in [0.1, 0.15) is 5.82 Å². The molecule has 102 valence electrons. The molecule has 2 aromatic rings. The number of aromatic amines is 1. The summed E-state index contributed by atoms with van der Waals surface area (Å²) in [5.74, 6) is 0.964. The van der Waals surface area contributed by atoms with Crippen molar-refractivity contribution in [2.45, 2.75) is 32.3 Å². The van der Waals surface area contributed by atoms with Gasteiger partial charge in [-0.15, -0.1) is 0 Å². The maximum Gasteiger partial charge on any atom is 0.177 e. The summed E-state index contributed by atoms with van der Waals surface area (Å²) in [7, 11) is 0. The molecule has 19 heavy (non-hydrogen) atoms. The first kappa shape index (κ1) is 12.6. The molecule has 1 aliphatic heterocycles. The second-order valence-corrected chi connectivity index (χ2v) is 5.08. The molecule has 3 rings (SSSR count). The minimum Gasteiger partial charge on any atom is -0.378 e. The van der Waals surface area contributed by atoms with Gasteiger partial charge in [0.05, 0.1) is 18.2 Å². The Morgan fingerprint density at radius 2 is 2.21 bits per heavy atom. The molecule has 1 fully saturated rings. The van der Waals surface area contributed by atoms with Crippen LogP contribution >= 0.6 is 0 Å². The predicted molar refractivity (Wildman–Crippen MR) is 74.2 cm³/mol. The second kappa shape index (κ2) is 5.67. The Labute approximate surface area is 112 Å². The van der Waals surface area contributed by atoms with Crippen LogP contribution in [0.15, 0.2) is 12.3 Å². The fraction of sp³-hybridized carbons (Fsp3) is 0.571. The molecule has 3 heterocycles. The van der Waals surface area contributed by atoms with Crippen molar-refractivity contribution in [1.29, 1.82) is 0 Å². The van der Waals surface area contributed by atoms with Crippen LogP contribution in [0.5, 0.6) is 0 Å². The van der Waals surface area contributed by atoms with E-state index in [-0.39, 0.29) is 0 Å². The normalized spacial score (nSPS) is 17.1. The van der Waals surface area contributed by atoms with E-state index in [1.54, 1.807) is 6.20 Å². The largest absolute Gasteiger partial charge is 0.378 e. The molecule has 0 amide bonds. The number of piperidine rings is 1. The molecular weight excluding hydrogens is 240 g/mol. The van der Waals surface area contributed by atoms with E-state index >= 15 is 0 Å². The molecular formula is C14H20N4O. The smallest absolute Gasteiger partial charge is 0.177 e. The van der Waals surface area contributed by atoms with Gasteiger partial charge < -0.3 is 15.0 Å². The molecule has 5 heteroatoms. The number of aromatic nitrogens is 3. The van der Waals surface area contributed by atoms with Gasteiger partial charge in [-0.3, -0.25) is 0 Å². The molecule has 1 saturated heterocycles. The maximum absolute atomic E-state index is 5.89. The van der Waals surface area contributed by atoms with E-state index in [0.29, 0.717) is 6.10 Å². The standard InChI is InChI=1S/C14H20N4O/c1-10-2-8-16-14-13(10)17-12(18-14)5-9-19-11-3-6-15-7-4-11/h2,8,11,15H,3-7,9H2,1H3,(H,16,17,18). The van der Waals surface area contributed by atoms with E-state index in [9.17, 15) is 0 Å². The monoisotopic (exact) mass is 260 g/mol. The van der Waals surface area contributed by atoms with Gasteiger partial charge in [0.15, 0.2) is 5.65 Å². The number of ether oxygens (including phenoxy) is 1. The Morgan fingerprint density at radius 3 is 3.00 bits per heavy atom. The molecule has 2 aromatic heterocycles. The molecule has 2 N–H and O–H groups in total. The van der Waals surface area contributed by atoms with Gasteiger partial charge in [-0.25, -0.2) is 9.97 Å². The molecule has 1 aliphatic rings. The first-order valence-corrected chi connectivity index (χ1v) is 6.95. The van der Waals surface area contributed by atoms with Crippen LogP contribution in [0.2, 0.25) is 0 Å². The highest BCUT2D eigenvalue weighted by Crippen LogP contribution is 2.14. The lowest BCUT2D eigenvalue weighted by Gasteiger charge is -2.22. The summed E-state index contributed by atoms with van der Waals surface area (Å²) in [5.41, 5.74) is 3.03. The molecule has 0 radical (unpaired) electrons. The molecule has 0 aliphatic carbocycles. The van der Waals surface area contributed by atoms with E-state index in [2.05, 4.69) is 27.2 Å². The summed E-state index contributed by atoms with van der Waals surface area (Å²) in [6.07, 6.45) is 5.25. The first-order valence-electron chi connectivity index (χ1n) is 6.95. The van der Waals surface area contributed by atoms with Gasteiger partial charge in [0.2, 0.25) is 0 Å². The van der Waals surface area contributed by atoms with Crippen LogP contribution in [0, 0.1) is 6.92 Å². The van der Waals surface area contributed by atoms with Crippen molar-refractivity contribution in [1.82, 2.24) is 20.3 Å². The highest BCUT2D eigenvalue weighted by atomic mass is 16.5. The van der Waals surface area contributed by atoms with Crippen molar-refractivity contribution in [3.8, 4) is 0 Å². The van der Waals surface area contributed by atoms with E-state index in [0.717, 1.165) is 55.9 Å². The Morgan fingerprint density at radius 1 is 1.37 bits per heavy atom. The van der Waals surface area contributed by atoms with Gasteiger partial charge >= 0.3 is 0 Å². The molecule has 5 nitrogen and oxygen atoms in total. The van der Waals surface area contributed by atoms with E-state index < -0.39 is 0 Å². The molecule has 0 spiro atoms. The summed E-state index contributed by atoms with van der Waals surface area (Å²) in [5, 5.41) is 3.34. The molecule has 0 saturated carbocycles. The Bertz CT molecular complexity index is 545. The van der Waals surface area contributed by atoms with Gasteiger partial charge in [-0.1, -0.05) is 0 Å². The SMILES string of the molecule is Cc1ccnc2nc(CCOC3CCNCC3)[nH]c12. The highest BCUT2D eigenvalue weighted by molar-refractivity contribution is 5.74. The lowest BCUT2D eigenvalue weighted by molar-refractivity contribution is 0.0343. The zero-order valence-corrected chi connectivity index (χ0v) is 11.3. The third-order valence-electron chi connectivity index (χ3n) is 3.63. The molecule has 0 bridgehead atoms. The fourth-order valence-electron chi connectivity index (χ4n) is 2.49. The zero-order chi connectivity index (χ0) is 13.1. The van der Waals surface area contributed by atoms with Gasteiger partial charge in [-0.05, 0) is 44.5 Å². The third kappa shape index (κ3) is 2.93. The first-order chi connectivity index (χ1) is 9.33. The Kier molecular flexibility index (Phi) is 3.75. The van der Waals surface area contributed by atoms with Gasteiger partial charge in [-0.2, -0.15) is 0 Å². The summed E-state index contributed by atoms with van der Waals surface area (Å²) >= 11 is 0.